The van der Waals surface area contributed by atoms with Crippen LogP contribution in [0.3, 0.4) is 0 Å². The Balaban J connectivity index is 2.01. The summed E-state index contributed by atoms with van der Waals surface area (Å²) in [6.07, 6.45) is -1.09. The van der Waals surface area contributed by atoms with E-state index < -0.39 is 23.8 Å². The number of hydrogen-bond donors (Lipinski definition) is 1. The highest BCUT2D eigenvalue weighted by Crippen LogP contribution is 2.20. The van der Waals surface area contributed by atoms with Gasteiger partial charge in [0.15, 0.2) is 6.10 Å². The molecule has 1 atom stereocenters. The van der Waals surface area contributed by atoms with Gasteiger partial charge in [0.25, 0.3) is 5.91 Å². The van der Waals surface area contributed by atoms with Crippen LogP contribution in [0.15, 0.2) is 48.5 Å². The van der Waals surface area contributed by atoms with Gasteiger partial charge in [0.2, 0.25) is 0 Å². The van der Waals surface area contributed by atoms with Gasteiger partial charge in [-0.15, -0.1) is 0 Å². The first-order chi connectivity index (χ1) is 10.5. The van der Waals surface area contributed by atoms with Crippen molar-refractivity contribution in [3.05, 3.63) is 64.9 Å². The number of anilines is 1. The number of hydrogen-bond acceptors (Lipinski definition) is 3. The fraction of sp³-hybridized carbons (Fsp3) is 0.125. The summed E-state index contributed by atoms with van der Waals surface area (Å²) in [6, 6.07) is 12.1. The summed E-state index contributed by atoms with van der Waals surface area (Å²) >= 11 is 5.92. The van der Waals surface area contributed by atoms with Crippen molar-refractivity contribution in [3.8, 4) is 0 Å². The van der Waals surface area contributed by atoms with Crippen molar-refractivity contribution < 1.29 is 18.7 Å². The van der Waals surface area contributed by atoms with Gasteiger partial charge in [0, 0.05) is 0 Å². The highest BCUT2D eigenvalue weighted by atomic mass is 35.5. The molecule has 0 fully saturated rings. The monoisotopic (exact) mass is 321 g/mol. The van der Waals surface area contributed by atoms with Crippen molar-refractivity contribution in [1.29, 1.82) is 0 Å². The molecule has 0 aliphatic carbocycles. The minimum atomic E-state index is -1.09. The van der Waals surface area contributed by atoms with Crippen molar-refractivity contribution >= 4 is 29.2 Å². The number of halogens is 2. The second-order valence-corrected chi connectivity index (χ2v) is 4.90. The molecule has 114 valence electrons. The Morgan fingerprint density at radius 3 is 2.45 bits per heavy atom. The van der Waals surface area contributed by atoms with E-state index in [1.807, 2.05) is 0 Å². The van der Waals surface area contributed by atoms with E-state index in [0.29, 0.717) is 10.7 Å². The number of ether oxygens (including phenoxy) is 1. The second-order valence-electron chi connectivity index (χ2n) is 4.50. The van der Waals surface area contributed by atoms with E-state index >= 15 is 0 Å². The van der Waals surface area contributed by atoms with Crippen molar-refractivity contribution in [2.45, 2.75) is 13.0 Å². The predicted octanol–water partition coefficient (Wildman–Crippen LogP) is 3.66. The minimum Gasteiger partial charge on any atom is -0.449 e. The molecule has 22 heavy (non-hydrogen) atoms. The Hall–Kier alpha value is -2.40. The number of carbonyl (C=O) groups is 2. The lowest BCUT2D eigenvalue weighted by molar-refractivity contribution is -0.123. The molecule has 0 heterocycles. The lowest BCUT2D eigenvalue weighted by Crippen LogP contribution is -2.30. The molecule has 1 N–H and O–H groups in total. The molecule has 2 rings (SSSR count). The highest BCUT2D eigenvalue weighted by molar-refractivity contribution is 6.33. The van der Waals surface area contributed by atoms with Gasteiger partial charge in [-0.25, -0.2) is 9.18 Å². The lowest BCUT2D eigenvalue weighted by Gasteiger charge is -2.14. The maximum Gasteiger partial charge on any atom is 0.341 e. The zero-order chi connectivity index (χ0) is 16.1. The van der Waals surface area contributed by atoms with E-state index in [1.165, 1.54) is 25.1 Å². The first-order valence-electron chi connectivity index (χ1n) is 6.50. The van der Waals surface area contributed by atoms with E-state index in [9.17, 15) is 14.0 Å². The second kappa shape index (κ2) is 7.04. The quantitative estimate of drug-likeness (QED) is 0.874. The molecule has 1 amide bonds. The molecule has 0 unspecified atom stereocenters. The molecular formula is C16H13ClFNO3. The van der Waals surface area contributed by atoms with E-state index in [4.69, 9.17) is 16.3 Å². The van der Waals surface area contributed by atoms with Gasteiger partial charge in [-0.1, -0.05) is 35.9 Å². The Labute approximate surface area is 131 Å². The number of nitrogens with one attached hydrogen (secondary N) is 1. The third-order valence-electron chi connectivity index (χ3n) is 2.88. The van der Waals surface area contributed by atoms with E-state index in [-0.39, 0.29) is 5.56 Å². The van der Waals surface area contributed by atoms with E-state index in [1.54, 1.807) is 24.3 Å². The third kappa shape index (κ3) is 3.83. The van der Waals surface area contributed by atoms with Crippen LogP contribution in [0.1, 0.15) is 17.3 Å². The average molecular weight is 322 g/mol. The van der Waals surface area contributed by atoms with Crippen molar-refractivity contribution in [3.63, 3.8) is 0 Å². The number of rotatable bonds is 4. The molecule has 0 bridgehead atoms. The normalized spacial score (nSPS) is 11.6. The lowest BCUT2D eigenvalue weighted by atomic mass is 10.2. The molecule has 0 spiro atoms. The number of benzene rings is 2. The van der Waals surface area contributed by atoms with Crippen LogP contribution in [0, 0.1) is 5.82 Å². The summed E-state index contributed by atoms with van der Waals surface area (Å²) in [5, 5.41) is 2.90. The van der Waals surface area contributed by atoms with Gasteiger partial charge < -0.3 is 10.1 Å². The summed E-state index contributed by atoms with van der Waals surface area (Å²) in [7, 11) is 0. The van der Waals surface area contributed by atoms with Crippen molar-refractivity contribution in [1.82, 2.24) is 0 Å². The van der Waals surface area contributed by atoms with Crippen molar-refractivity contribution in [2.24, 2.45) is 0 Å². The molecule has 2 aromatic rings. The van der Waals surface area contributed by atoms with Gasteiger partial charge in [-0.2, -0.15) is 0 Å². The van der Waals surface area contributed by atoms with Gasteiger partial charge in [0.1, 0.15) is 5.82 Å². The molecular weight excluding hydrogens is 309 g/mol. The summed E-state index contributed by atoms with van der Waals surface area (Å²) in [5.41, 5.74) is 0.183. The van der Waals surface area contributed by atoms with E-state index in [0.717, 1.165) is 6.07 Å². The summed E-state index contributed by atoms with van der Waals surface area (Å²) < 4.78 is 18.4. The zero-order valence-electron chi connectivity index (χ0n) is 11.7. The average Bonchev–Trinajstić information content (AvgIpc) is 2.49. The van der Waals surface area contributed by atoms with Crippen LogP contribution in [0.25, 0.3) is 0 Å². The molecule has 4 nitrogen and oxygen atoms in total. The van der Waals surface area contributed by atoms with Crippen LogP contribution in [-0.4, -0.2) is 18.0 Å². The van der Waals surface area contributed by atoms with Gasteiger partial charge in [-0.05, 0) is 31.2 Å². The Kier molecular flexibility index (Phi) is 5.12. The minimum absolute atomic E-state index is 0.222. The molecule has 6 heteroatoms. The topological polar surface area (TPSA) is 55.4 Å². The summed E-state index contributed by atoms with van der Waals surface area (Å²) in [6.45, 7) is 1.39. The number of amides is 1. The Morgan fingerprint density at radius 1 is 1.14 bits per heavy atom. The van der Waals surface area contributed by atoms with Crippen LogP contribution in [0.5, 0.6) is 0 Å². The highest BCUT2D eigenvalue weighted by Gasteiger charge is 2.21. The molecule has 2 aromatic carbocycles. The number of carbonyl (C=O) groups excluding carboxylic acids is 2. The van der Waals surface area contributed by atoms with Crippen LogP contribution in [-0.2, 0) is 9.53 Å². The van der Waals surface area contributed by atoms with Crippen LogP contribution >= 0.6 is 11.6 Å². The van der Waals surface area contributed by atoms with Crippen LogP contribution in [0.2, 0.25) is 5.02 Å². The fourth-order valence-electron chi connectivity index (χ4n) is 1.70. The SMILES string of the molecule is C[C@@H](OC(=O)c1ccccc1F)C(=O)Nc1ccccc1Cl. The van der Waals surface area contributed by atoms with Crippen LogP contribution in [0.4, 0.5) is 10.1 Å². The van der Waals surface area contributed by atoms with E-state index in [2.05, 4.69) is 5.32 Å². The number of esters is 1. The molecule has 0 radical (unpaired) electrons. The Morgan fingerprint density at radius 2 is 1.77 bits per heavy atom. The molecule has 0 aliphatic heterocycles. The first-order valence-corrected chi connectivity index (χ1v) is 6.87. The Bertz CT molecular complexity index is 705. The first kappa shape index (κ1) is 16.0. The molecule has 0 aliphatic rings. The third-order valence-corrected chi connectivity index (χ3v) is 3.21. The largest absolute Gasteiger partial charge is 0.449 e. The summed E-state index contributed by atoms with van der Waals surface area (Å²) in [5.74, 6) is -2.16. The fourth-order valence-corrected chi connectivity index (χ4v) is 1.88. The maximum atomic E-state index is 13.5. The molecule has 0 saturated carbocycles. The van der Waals surface area contributed by atoms with Gasteiger partial charge in [-0.3, -0.25) is 4.79 Å². The molecule has 0 aromatic heterocycles. The standard InChI is InChI=1S/C16H13ClFNO3/c1-10(15(20)19-14-9-5-3-7-12(14)17)22-16(21)11-6-2-4-8-13(11)18/h2-10H,1H3,(H,19,20)/t10-/m1/s1. The van der Waals surface area contributed by atoms with Gasteiger partial charge in [0.05, 0.1) is 16.3 Å². The van der Waals surface area contributed by atoms with Gasteiger partial charge >= 0.3 is 5.97 Å². The van der Waals surface area contributed by atoms with Crippen molar-refractivity contribution in [2.75, 3.05) is 5.32 Å². The zero-order valence-corrected chi connectivity index (χ0v) is 12.4. The summed E-state index contributed by atoms with van der Waals surface area (Å²) in [4.78, 5) is 23.8. The maximum absolute atomic E-state index is 13.5. The smallest absolute Gasteiger partial charge is 0.341 e. The number of para-hydroxylation sites is 1. The van der Waals surface area contributed by atoms with Crippen LogP contribution < -0.4 is 5.32 Å². The predicted molar refractivity (Wildman–Crippen MR) is 81.4 cm³/mol. The molecule has 0 saturated heterocycles.